The smallest absolute Gasteiger partial charge is 0.264 e. The monoisotopic (exact) mass is 689 g/mol. The molecule has 0 aromatic heterocycles. The van der Waals surface area contributed by atoms with Crippen molar-refractivity contribution in [3.8, 4) is 11.5 Å². The number of aryl methyl sites for hydroxylation is 1. The lowest BCUT2D eigenvalue weighted by Crippen LogP contribution is -2.54. The van der Waals surface area contributed by atoms with Crippen molar-refractivity contribution in [1.29, 1.82) is 0 Å². The summed E-state index contributed by atoms with van der Waals surface area (Å²) in [7, 11) is -1.45. The van der Waals surface area contributed by atoms with Gasteiger partial charge < -0.3 is 19.7 Å². The van der Waals surface area contributed by atoms with Gasteiger partial charge in [-0.2, -0.15) is 0 Å². The standard InChI is InChI=1S/C34H41Cl2N3O6S/c1-5-30(34(41)37-24-10-7-6-8-11-24)38(21-27-28(35)12-9-13-29(27)36)33(40)22-39(31-20-25(44-3)16-19-32(31)45-4)46(42,43)26-17-14-23(2)15-18-26/h9,12-20,24,30H,5-8,10-11,21-22H2,1-4H3,(H,37,41)/t30-/m0/s1. The molecule has 0 aliphatic heterocycles. The number of sulfonamides is 1. The summed E-state index contributed by atoms with van der Waals surface area (Å²) in [5.74, 6) is -0.350. The number of amides is 2. The summed E-state index contributed by atoms with van der Waals surface area (Å²) in [5.41, 5.74) is 1.43. The van der Waals surface area contributed by atoms with Crippen LogP contribution in [0.4, 0.5) is 5.69 Å². The van der Waals surface area contributed by atoms with Crippen LogP contribution in [0.1, 0.15) is 56.6 Å². The quantitative estimate of drug-likeness (QED) is 0.212. The molecule has 0 radical (unpaired) electrons. The van der Waals surface area contributed by atoms with Gasteiger partial charge in [0.1, 0.15) is 24.1 Å². The molecule has 1 aliphatic carbocycles. The minimum Gasteiger partial charge on any atom is -0.497 e. The Balaban J connectivity index is 1.80. The number of anilines is 1. The second kappa shape index (κ2) is 15.9. The predicted molar refractivity (Wildman–Crippen MR) is 181 cm³/mol. The highest BCUT2D eigenvalue weighted by atomic mass is 35.5. The van der Waals surface area contributed by atoms with Gasteiger partial charge in [0.2, 0.25) is 11.8 Å². The van der Waals surface area contributed by atoms with Crippen LogP contribution in [0.25, 0.3) is 0 Å². The Morgan fingerprint density at radius 2 is 1.61 bits per heavy atom. The fourth-order valence-electron chi connectivity index (χ4n) is 5.66. The summed E-state index contributed by atoms with van der Waals surface area (Å²) in [5, 5.41) is 3.78. The molecule has 0 bridgehead atoms. The van der Waals surface area contributed by atoms with E-state index in [0.29, 0.717) is 21.4 Å². The van der Waals surface area contributed by atoms with E-state index in [1.54, 1.807) is 42.5 Å². The maximum atomic E-state index is 14.5. The Hall–Kier alpha value is -3.47. The van der Waals surface area contributed by atoms with Gasteiger partial charge in [-0.25, -0.2) is 8.42 Å². The number of hydrogen-bond donors (Lipinski definition) is 1. The lowest BCUT2D eigenvalue weighted by molar-refractivity contribution is -0.140. The van der Waals surface area contributed by atoms with Crippen molar-refractivity contribution in [3.63, 3.8) is 0 Å². The van der Waals surface area contributed by atoms with E-state index in [1.165, 1.54) is 37.3 Å². The molecule has 1 atom stereocenters. The molecule has 2 amide bonds. The molecule has 3 aromatic rings. The number of halogens is 2. The van der Waals surface area contributed by atoms with Gasteiger partial charge in [-0.3, -0.25) is 13.9 Å². The summed E-state index contributed by atoms with van der Waals surface area (Å²) in [6.07, 6.45) is 5.18. The van der Waals surface area contributed by atoms with E-state index in [4.69, 9.17) is 32.7 Å². The van der Waals surface area contributed by atoms with Crippen molar-refractivity contribution in [3.05, 3.63) is 81.8 Å². The average molecular weight is 691 g/mol. The first-order chi connectivity index (χ1) is 22.0. The highest BCUT2D eigenvalue weighted by Crippen LogP contribution is 2.36. The Morgan fingerprint density at radius 1 is 0.957 bits per heavy atom. The molecule has 248 valence electrons. The molecule has 1 N–H and O–H groups in total. The van der Waals surface area contributed by atoms with E-state index < -0.39 is 28.5 Å². The number of ether oxygens (including phenoxy) is 2. The SMILES string of the molecule is CC[C@@H](C(=O)NC1CCCCC1)N(Cc1c(Cl)cccc1Cl)C(=O)CN(c1cc(OC)ccc1OC)S(=O)(=O)c1ccc(C)cc1. The van der Waals surface area contributed by atoms with Crippen LogP contribution >= 0.6 is 23.2 Å². The third-order valence-corrected chi connectivity index (χ3v) is 10.8. The van der Waals surface area contributed by atoms with Crippen molar-refractivity contribution >= 4 is 50.7 Å². The third kappa shape index (κ3) is 8.27. The summed E-state index contributed by atoms with van der Waals surface area (Å²) in [6.45, 7) is 2.91. The van der Waals surface area contributed by atoms with Gasteiger partial charge in [0, 0.05) is 34.3 Å². The molecule has 46 heavy (non-hydrogen) atoms. The van der Waals surface area contributed by atoms with Crippen LogP contribution in [0, 0.1) is 6.92 Å². The molecule has 0 saturated heterocycles. The van der Waals surface area contributed by atoms with Crippen molar-refractivity contribution in [1.82, 2.24) is 10.2 Å². The van der Waals surface area contributed by atoms with Gasteiger partial charge in [0.05, 0.1) is 24.8 Å². The maximum Gasteiger partial charge on any atom is 0.264 e. The topological polar surface area (TPSA) is 105 Å². The Labute approximate surface area is 281 Å². The molecule has 1 aliphatic rings. The second-order valence-electron chi connectivity index (χ2n) is 11.4. The van der Waals surface area contributed by atoms with Gasteiger partial charge in [-0.05, 0) is 62.6 Å². The molecule has 3 aromatic carbocycles. The first-order valence-electron chi connectivity index (χ1n) is 15.3. The van der Waals surface area contributed by atoms with Crippen LogP contribution in [0.2, 0.25) is 10.0 Å². The first-order valence-corrected chi connectivity index (χ1v) is 17.5. The van der Waals surface area contributed by atoms with E-state index in [2.05, 4.69) is 5.32 Å². The van der Waals surface area contributed by atoms with Gasteiger partial charge in [-0.15, -0.1) is 0 Å². The Kier molecular flexibility index (Phi) is 12.2. The van der Waals surface area contributed by atoms with E-state index >= 15 is 0 Å². The summed E-state index contributed by atoms with van der Waals surface area (Å²) < 4.78 is 40.6. The zero-order valence-corrected chi connectivity index (χ0v) is 28.9. The summed E-state index contributed by atoms with van der Waals surface area (Å²) in [4.78, 5) is 29.7. The van der Waals surface area contributed by atoms with Crippen LogP contribution in [0.15, 0.2) is 65.6 Å². The minimum absolute atomic E-state index is 0.00983. The highest BCUT2D eigenvalue weighted by Gasteiger charge is 2.36. The number of nitrogens with one attached hydrogen (secondary N) is 1. The van der Waals surface area contributed by atoms with E-state index in [9.17, 15) is 18.0 Å². The number of rotatable bonds is 13. The molecule has 12 heteroatoms. The number of benzene rings is 3. The van der Waals surface area contributed by atoms with Crippen molar-refractivity contribution < 1.29 is 27.5 Å². The predicted octanol–water partition coefficient (Wildman–Crippen LogP) is 6.77. The van der Waals surface area contributed by atoms with Gasteiger partial charge >= 0.3 is 0 Å². The molecule has 0 heterocycles. The number of carbonyl (C=O) groups excluding carboxylic acids is 2. The van der Waals surface area contributed by atoms with E-state index in [0.717, 1.165) is 42.0 Å². The van der Waals surface area contributed by atoms with Gasteiger partial charge in [0.15, 0.2) is 0 Å². The average Bonchev–Trinajstić information content (AvgIpc) is 3.05. The Bertz CT molecular complexity index is 1610. The van der Waals surface area contributed by atoms with Crippen LogP contribution in [0.5, 0.6) is 11.5 Å². The molecule has 1 fully saturated rings. The summed E-state index contributed by atoms with van der Waals surface area (Å²) in [6, 6.07) is 15.2. The van der Waals surface area contributed by atoms with Crippen molar-refractivity contribution in [2.75, 3.05) is 25.1 Å². The normalized spacial score (nSPS) is 14.3. The summed E-state index contributed by atoms with van der Waals surface area (Å²) >= 11 is 13.1. The zero-order chi connectivity index (χ0) is 33.4. The molecular weight excluding hydrogens is 649 g/mol. The van der Waals surface area contributed by atoms with Crippen molar-refractivity contribution in [2.24, 2.45) is 0 Å². The number of hydrogen-bond acceptors (Lipinski definition) is 6. The largest absolute Gasteiger partial charge is 0.497 e. The van der Waals surface area contributed by atoms with Crippen LogP contribution < -0.4 is 19.1 Å². The van der Waals surface area contributed by atoms with Crippen molar-refractivity contribution in [2.45, 2.75) is 75.9 Å². The van der Waals surface area contributed by atoms with Gasteiger partial charge in [-0.1, -0.05) is 73.2 Å². The first kappa shape index (κ1) is 35.4. The fraction of sp³-hybridized carbons (Fsp3) is 0.412. The zero-order valence-electron chi connectivity index (χ0n) is 26.6. The lowest BCUT2D eigenvalue weighted by atomic mass is 9.95. The van der Waals surface area contributed by atoms with Crippen LogP contribution in [0.3, 0.4) is 0 Å². The molecule has 0 spiro atoms. The molecule has 1 saturated carbocycles. The second-order valence-corrected chi connectivity index (χ2v) is 14.0. The van der Waals surface area contributed by atoms with E-state index in [-0.39, 0.29) is 41.2 Å². The molecule has 4 rings (SSSR count). The number of methoxy groups -OCH3 is 2. The van der Waals surface area contributed by atoms with Crippen LogP contribution in [-0.2, 0) is 26.2 Å². The molecule has 0 unspecified atom stereocenters. The number of carbonyl (C=O) groups is 2. The fourth-order valence-corrected chi connectivity index (χ4v) is 7.59. The third-order valence-electron chi connectivity index (χ3n) is 8.27. The molecule has 9 nitrogen and oxygen atoms in total. The molecular formula is C34H41Cl2N3O6S. The Morgan fingerprint density at radius 3 is 2.20 bits per heavy atom. The number of nitrogens with zero attached hydrogens (tertiary/aromatic N) is 2. The minimum atomic E-state index is -4.32. The van der Waals surface area contributed by atoms with Crippen LogP contribution in [-0.4, -0.2) is 58.0 Å². The van der Waals surface area contributed by atoms with E-state index in [1.807, 2.05) is 13.8 Å². The highest BCUT2D eigenvalue weighted by molar-refractivity contribution is 7.92. The lowest BCUT2D eigenvalue weighted by Gasteiger charge is -2.35. The van der Waals surface area contributed by atoms with Gasteiger partial charge in [0.25, 0.3) is 10.0 Å². The maximum absolute atomic E-state index is 14.5.